The van der Waals surface area contributed by atoms with Crippen molar-refractivity contribution in [3.8, 4) is 0 Å². The molecular formula is C16H22N2OS. The standard InChI is InChI=1S/C16H22N2OS/c1-12(2)15-16(20-13-8-5-4-6-9-13)18(3)14(17-15)10-7-11-19/h4-6,8-9,12,19H,7,10-11H2,1-3H3. The van der Waals surface area contributed by atoms with Crippen molar-refractivity contribution in [2.75, 3.05) is 6.61 Å². The van der Waals surface area contributed by atoms with Crippen LogP contribution in [-0.2, 0) is 13.5 Å². The summed E-state index contributed by atoms with van der Waals surface area (Å²) in [5, 5.41) is 10.2. The molecule has 2 rings (SSSR count). The van der Waals surface area contributed by atoms with E-state index in [1.807, 2.05) is 6.07 Å². The first-order chi connectivity index (χ1) is 9.63. The number of benzene rings is 1. The number of aliphatic hydroxyl groups excluding tert-OH is 1. The van der Waals surface area contributed by atoms with Crippen molar-refractivity contribution in [3.05, 3.63) is 41.9 Å². The highest BCUT2D eigenvalue weighted by molar-refractivity contribution is 7.99. The van der Waals surface area contributed by atoms with Gasteiger partial charge in [0.05, 0.1) is 5.69 Å². The summed E-state index contributed by atoms with van der Waals surface area (Å²) in [6, 6.07) is 10.4. The van der Waals surface area contributed by atoms with Crippen LogP contribution in [0.2, 0.25) is 0 Å². The van der Waals surface area contributed by atoms with Gasteiger partial charge in [-0.1, -0.05) is 43.8 Å². The van der Waals surface area contributed by atoms with Gasteiger partial charge in [0.2, 0.25) is 0 Å². The summed E-state index contributed by atoms with van der Waals surface area (Å²) >= 11 is 1.76. The minimum atomic E-state index is 0.213. The summed E-state index contributed by atoms with van der Waals surface area (Å²) in [7, 11) is 2.07. The number of imidazole rings is 1. The van der Waals surface area contributed by atoms with Crippen LogP contribution in [0.3, 0.4) is 0 Å². The molecule has 0 bridgehead atoms. The second-order valence-corrected chi connectivity index (χ2v) is 6.24. The van der Waals surface area contributed by atoms with Gasteiger partial charge in [-0.2, -0.15) is 0 Å². The molecule has 0 fully saturated rings. The maximum atomic E-state index is 9.00. The van der Waals surface area contributed by atoms with Crippen LogP contribution in [0.1, 0.15) is 37.7 Å². The third-order valence-corrected chi connectivity index (χ3v) is 4.41. The summed E-state index contributed by atoms with van der Waals surface area (Å²) in [4.78, 5) is 6.00. The molecule has 0 saturated carbocycles. The number of aromatic nitrogens is 2. The monoisotopic (exact) mass is 290 g/mol. The largest absolute Gasteiger partial charge is 0.396 e. The molecule has 0 amide bonds. The second-order valence-electron chi connectivity index (χ2n) is 5.17. The zero-order chi connectivity index (χ0) is 14.5. The Labute approximate surface area is 125 Å². The van der Waals surface area contributed by atoms with Gasteiger partial charge in [0.15, 0.2) is 0 Å². The Morgan fingerprint density at radius 1 is 1.25 bits per heavy atom. The number of hydrogen-bond donors (Lipinski definition) is 1. The Bertz CT molecular complexity index is 549. The lowest BCUT2D eigenvalue weighted by atomic mass is 10.1. The highest BCUT2D eigenvalue weighted by atomic mass is 32.2. The average Bonchev–Trinajstić information content (AvgIpc) is 2.75. The van der Waals surface area contributed by atoms with Gasteiger partial charge in [0.25, 0.3) is 0 Å². The Kier molecular flexibility index (Phi) is 5.26. The maximum Gasteiger partial charge on any atom is 0.109 e. The molecule has 0 unspecified atom stereocenters. The Hall–Kier alpha value is -1.26. The summed E-state index contributed by atoms with van der Waals surface area (Å²) < 4.78 is 2.17. The van der Waals surface area contributed by atoms with Crippen molar-refractivity contribution < 1.29 is 5.11 Å². The third-order valence-electron chi connectivity index (χ3n) is 3.22. The molecule has 0 spiro atoms. The van der Waals surface area contributed by atoms with E-state index in [1.165, 1.54) is 9.92 Å². The molecule has 3 nitrogen and oxygen atoms in total. The van der Waals surface area contributed by atoms with Crippen LogP contribution in [0, 0.1) is 0 Å². The predicted molar refractivity (Wildman–Crippen MR) is 83.3 cm³/mol. The molecule has 0 atom stereocenters. The number of hydrogen-bond acceptors (Lipinski definition) is 3. The number of nitrogens with zero attached hydrogens (tertiary/aromatic N) is 2. The van der Waals surface area contributed by atoms with Gasteiger partial charge in [0, 0.05) is 25.0 Å². The normalized spacial score (nSPS) is 11.2. The lowest BCUT2D eigenvalue weighted by Gasteiger charge is -2.08. The molecule has 0 saturated heterocycles. The molecule has 1 N–H and O–H groups in total. The van der Waals surface area contributed by atoms with E-state index in [-0.39, 0.29) is 6.61 Å². The van der Waals surface area contributed by atoms with Crippen molar-refractivity contribution in [2.24, 2.45) is 7.05 Å². The van der Waals surface area contributed by atoms with Crippen LogP contribution in [0.4, 0.5) is 0 Å². The molecule has 0 aliphatic heterocycles. The number of aryl methyl sites for hydroxylation is 1. The van der Waals surface area contributed by atoms with Crippen molar-refractivity contribution in [1.82, 2.24) is 9.55 Å². The zero-order valence-electron chi connectivity index (χ0n) is 12.3. The molecule has 108 valence electrons. The van der Waals surface area contributed by atoms with Gasteiger partial charge in [-0.05, 0) is 24.5 Å². The van der Waals surface area contributed by atoms with Crippen LogP contribution in [0.15, 0.2) is 40.3 Å². The molecule has 0 aliphatic rings. The van der Waals surface area contributed by atoms with Gasteiger partial charge >= 0.3 is 0 Å². The highest BCUT2D eigenvalue weighted by Gasteiger charge is 2.17. The third kappa shape index (κ3) is 3.44. The van der Waals surface area contributed by atoms with E-state index in [1.54, 1.807) is 11.8 Å². The Morgan fingerprint density at radius 2 is 1.95 bits per heavy atom. The van der Waals surface area contributed by atoms with E-state index >= 15 is 0 Å². The van der Waals surface area contributed by atoms with E-state index in [2.05, 4.69) is 49.7 Å². The lowest BCUT2D eigenvalue weighted by Crippen LogP contribution is -2.00. The van der Waals surface area contributed by atoms with Gasteiger partial charge in [-0.25, -0.2) is 4.98 Å². The van der Waals surface area contributed by atoms with Crippen molar-refractivity contribution in [1.29, 1.82) is 0 Å². The second kappa shape index (κ2) is 6.95. The lowest BCUT2D eigenvalue weighted by molar-refractivity contribution is 0.287. The van der Waals surface area contributed by atoms with Gasteiger partial charge in [0.1, 0.15) is 10.9 Å². The summed E-state index contributed by atoms with van der Waals surface area (Å²) in [6.07, 6.45) is 1.58. The molecule has 1 heterocycles. The quantitative estimate of drug-likeness (QED) is 0.883. The van der Waals surface area contributed by atoms with E-state index in [4.69, 9.17) is 10.1 Å². The SMILES string of the molecule is CC(C)c1nc(CCCO)n(C)c1Sc1ccccc1. The Morgan fingerprint density at radius 3 is 2.55 bits per heavy atom. The van der Waals surface area contributed by atoms with Crippen molar-refractivity contribution in [3.63, 3.8) is 0 Å². The molecule has 1 aromatic carbocycles. The minimum absolute atomic E-state index is 0.213. The zero-order valence-corrected chi connectivity index (χ0v) is 13.2. The number of aliphatic hydroxyl groups is 1. The van der Waals surface area contributed by atoms with Crippen molar-refractivity contribution >= 4 is 11.8 Å². The maximum absolute atomic E-state index is 9.00. The predicted octanol–water partition coefficient (Wildman–Crippen LogP) is 3.62. The molecule has 2 aromatic rings. The van der Waals surface area contributed by atoms with Gasteiger partial charge < -0.3 is 9.67 Å². The van der Waals surface area contributed by atoms with Crippen LogP contribution in [0.5, 0.6) is 0 Å². The molecular weight excluding hydrogens is 268 g/mol. The fourth-order valence-electron chi connectivity index (χ4n) is 2.11. The molecule has 4 heteroatoms. The van der Waals surface area contributed by atoms with E-state index in [0.717, 1.165) is 24.4 Å². The highest BCUT2D eigenvalue weighted by Crippen LogP contribution is 2.34. The average molecular weight is 290 g/mol. The molecule has 0 aliphatic carbocycles. The smallest absolute Gasteiger partial charge is 0.109 e. The first-order valence-corrected chi connectivity index (χ1v) is 7.84. The topological polar surface area (TPSA) is 38.1 Å². The fourth-order valence-corrected chi connectivity index (χ4v) is 3.25. The van der Waals surface area contributed by atoms with E-state index in [0.29, 0.717) is 5.92 Å². The van der Waals surface area contributed by atoms with Crippen LogP contribution < -0.4 is 0 Å². The van der Waals surface area contributed by atoms with Gasteiger partial charge in [-0.15, -0.1) is 0 Å². The first kappa shape index (κ1) is 15.1. The minimum Gasteiger partial charge on any atom is -0.396 e. The van der Waals surface area contributed by atoms with E-state index < -0.39 is 0 Å². The van der Waals surface area contributed by atoms with Crippen molar-refractivity contribution in [2.45, 2.75) is 42.5 Å². The van der Waals surface area contributed by atoms with Crippen LogP contribution in [0.25, 0.3) is 0 Å². The van der Waals surface area contributed by atoms with E-state index in [9.17, 15) is 0 Å². The Balaban J connectivity index is 2.32. The molecule has 1 aromatic heterocycles. The first-order valence-electron chi connectivity index (χ1n) is 7.02. The van der Waals surface area contributed by atoms with Crippen LogP contribution >= 0.6 is 11.8 Å². The fraction of sp³-hybridized carbons (Fsp3) is 0.438. The summed E-state index contributed by atoms with van der Waals surface area (Å²) in [5.74, 6) is 1.46. The van der Waals surface area contributed by atoms with Gasteiger partial charge in [-0.3, -0.25) is 0 Å². The van der Waals surface area contributed by atoms with Crippen LogP contribution in [-0.4, -0.2) is 21.3 Å². The molecule has 20 heavy (non-hydrogen) atoms. The summed E-state index contributed by atoms with van der Waals surface area (Å²) in [5.41, 5.74) is 1.15. The molecule has 0 radical (unpaired) electrons. The summed E-state index contributed by atoms with van der Waals surface area (Å²) in [6.45, 7) is 4.56. The number of rotatable bonds is 6.